The molecule has 2 N–H and O–H groups in total. The van der Waals surface area contributed by atoms with E-state index >= 15 is 0 Å². The molecule has 5 heteroatoms. The van der Waals surface area contributed by atoms with E-state index in [1.807, 2.05) is 6.07 Å². The predicted molar refractivity (Wildman–Crippen MR) is 76.4 cm³/mol. The number of H-pyrrole nitrogens is 1. The summed E-state index contributed by atoms with van der Waals surface area (Å²) >= 11 is 0. The second-order valence-electron chi connectivity index (χ2n) is 5.26. The molecule has 0 radical (unpaired) electrons. The van der Waals surface area contributed by atoms with Gasteiger partial charge in [-0.05, 0) is 56.3 Å². The van der Waals surface area contributed by atoms with Gasteiger partial charge < -0.3 is 10.3 Å². The number of carbonyl (C=O) groups excluding carboxylic acids is 1. The summed E-state index contributed by atoms with van der Waals surface area (Å²) in [5.41, 5.74) is 2.42. The zero-order valence-electron chi connectivity index (χ0n) is 10.8. The Morgan fingerprint density at radius 1 is 1.11 bits per heavy atom. The molecule has 104 valence electrons. The van der Waals surface area contributed by atoms with Crippen molar-refractivity contribution in [1.82, 2.24) is 10.3 Å². The van der Waals surface area contributed by atoms with Crippen molar-refractivity contribution < 1.29 is 4.79 Å². The lowest BCUT2D eigenvalue weighted by Gasteiger charge is -2.24. The van der Waals surface area contributed by atoms with Crippen molar-refractivity contribution in [1.29, 1.82) is 0 Å². The Hall–Kier alpha value is -1.13. The third-order valence-corrected chi connectivity index (χ3v) is 4.06. The Morgan fingerprint density at radius 2 is 1.84 bits per heavy atom. The van der Waals surface area contributed by atoms with Crippen molar-refractivity contribution in [3.8, 4) is 0 Å². The second-order valence-corrected chi connectivity index (χ2v) is 5.26. The van der Waals surface area contributed by atoms with Crippen LogP contribution in [0.1, 0.15) is 53.2 Å². The van der Waals surface area contributed by atoms with Gasteiger partial charge >= 0.3 is 0 Å². The van der Waals surface area contributed by atoms with Crippen LogP contribution in [-0.2, 0) is 6.42 Å². The maximum Gasteiger partial charge on any atom is 0.251 e. The van der Waals surface area contributed by atoms with Crippen LogP contribution in [0.5, 0.6) is 0 Å². The molecule has 0 amide bonds. The smallest absolute Gasteiger partial charge is 0.251 e. The summed E-state index contributed by atoms with van der Waals surface area (Å²) in [6, 6.07) is 1.99. The summed E-state index contributed by atoms with van der Waals surface area (Å²) < 4.78 is 0. The number of fused-ring (bicyclic) bond motifs is 1. The number of rotatable bonds is 1. The molecule has 1 aromatic heterocycles. The van der Waals surface area contributed by atoms with Crippen LogP contribution in [0.25, 0.3) is 0 Å². The van der Waals surface area contributed by atoms with E-state index in [9.17, 15) is 9.59 Å². The molecule has 2 heterocycles. The highest BCUT2D eigenvalue weighted by molar-refractivity contribution is 5.96. The summed E-state index contributed by atoms with van der Waals surface area (Å²) in [6.45, 7) is 1.94. The largest absolute Gasteiger partial charge is 0.319 e. The number of nitrogens with one attached hydrogen (secondary N) is 2. The van der Waals surface area contributed by atoms with Gasteiger partial charge in [0.05, 0.1) is 5.69 Å². The highest BCUT2D eigenvalue weighted by Gasteiger charge is 2.23. The first-order valence-electron chi connectivity index (χ1n) is 6.75. The number of carbonyl (C=O) groups is 1. The minimum absolute atomic E-state index is 0. The molecule has 1 saturated heterocycles. The van der Waals surface area contributed by atoms with Crippen molar-refractivity contribution in [3.63, 3.8) is 0 Å². The van der Waals surface area contributed by atoms with Crippen LogP contribution >= 0.6 is 12.4 Å². The summed E-state index contributed by atoms with van der Waals surface area (Å²) in [5, 5.41) is 3.31. The average molecular weight is 283 g/mol. The maximum absolute atomic E-state index is 12.1. The first-order valence-corrected chi connectivity index (χ1v) is 6.75. The molecule has 1 aromatic rings. The number of aromatic amines is 1. The van der Waals surface area contributed by atoms with E-state index in [4.69, 9.17) is 0 Å². The lowest BCUT2D eigenvalue weighted by molar-refractivity contribution is 0.0967. The SMILES string of the molecule is Cl.O=C1CCCc2cc(C3CCNCC3)c(=O)[nH]c21. The molecule has 0 saturated carbocycles. The van der Waals surface area contributed by atoms with Gasteiger partial charge in [0.1, 0.15) is 0 Å². The van der Waals surface area contributed by atoms with E-state index in [1.165, 1.54) is 0 Å². The summed E-state index contributed by atoms with van der Waals surface area (Å²) in [7, 11) is 0. The molecular weight excluding hydrogens is 264 g/mol. The lowest BCUT2D eigenvalue weighted by atomic mass is 9.87. The van der Waals surface area contributed by atoms with Crippen LogP contribution < -0.4 is 10.9 Å². The minimum Gasteiger partial charge on any atom is -0.319 e. The fourth-order valence-corrected chi connectivity index (χ4v) is 3.04. The van der Waals surface area contributed by atoms with Gasteiger partial charge in [-0.2, -0.15) is 0 Å². The summed E-state index contributed by atoms with van der Waals surface area (Å²) in [5.74, 6) is 0.433. The number of ketones is 1. The van der Waals surface area contributed by atoms with Gasteiger partial charge in [-0.1, -0.05) is 0 Å². The summed E-state index contributed by atoms with van der Waals surface area (Å²) in [4.78, 5) is 26.7. The van der Waals surface area contributed by atoms with Gasteiger partial charge in [0.25, 0.3) is 5.56 Å². The van der Waals surface area contributed by atoms with Crippen molar-refractivity contribution in [2.75, 3.05) is 13.1 Å². The number of hydrogen-bond acceptors (Lipinski definition) is 3. The molecule has 1 aliphatic carbocycles. The molecule has 0 spiro atoms. The quantitative estimate of drug-likeness (QED) is 0.825. The summed E-state index contributed by atoms with van der Waals surface area (Å²) in [6.07, 6.45) is 4.40. The highest BCUT2D eigenvalue weighted by atomic mass is 35.5. The van der Waals surface area contributed by atoms with E-state index in [0.717, 1.165) is 49.9 Å². The Balaban J connectivity index is 0.00000133. The van der Waals surface area contributed by atoms with Crippen LogP contribution in [0.3, 0.4) is 0 Å². The third kappa shape index (κ3) is 2.74. The van der Waals surface area contributed by atoms with E-state index < -0.39 is 0 Å². The average Bonchev–Trinajstić information content (AvgIpc) is 2.40. The van der Waals surface area contributed by atoms with Gasteiger partial charge in [0.2, 0.25) is 0 Å². The van der Waals surface area contributed by atoms with Crippen LogP contribution in [0.4, 0.5) is 0 Å². The normalized spacial score (nSPS) is 19.7. The fourth-order valence-electron chi connectivity index (χ4n) is 3.04. The number of Topliss-reactive ketones (excluding diaryl/α,β-unsaturated/α-hetero) is 1. The van der Waals surface area contributed by atoms with E-state index in [-0.39, 0.29) is 23.7 Å². The number of piperidine rings is 1. The monoisotopic (exact) mass is 282 g/mol. The van der Waals surface area contributed by atoms with Gasteiger partial charge in [-0.15, -0.1) is 12.4 Å². The van der Waals surface area contributed by atoms with E-state index in [1.54, 1.807) is 0 Å². The van der Waals surface area contributed by atoms with Crippen molar-refractivity contribution in [3.05, 3.63) is 33.2 Å². The molecule has 0 unspecified atom stereocenters. The number of aryl methyl sites for hydroxylation is 1. The first-order chi connectivity index (χ1) is 8.75. The van der Waals surface area contributed by atoms with Gasteiger partial charge in [0, 0.05) is 12.0 Å². The maximum atomic E-state index is 12.1. The zero-order valence-corrected chi connectivity index (χ0v) is 11.6. The van der Waals surface area contributed by atoms with Crippen LogP contribution in [0.15, 0.2) is 10.9 Å². The van der Waals surface area contributed by atoms with Crippen molar-refractivity contribution >= 4 is 18.2 Å². The number of aromatic nitrogens is 1. The number of pyridine rings is 1. The van der Waals surface area contributed by atoms with Crippen LogP contribution in [-0.4, -0.2) is 23.9 Å². The third-order valence-electron chi connectivity index (χ3n) is 4.06. The molecule has 0 aromatic carbocycles. The highest BCUT2D eigenvalue weighted by Crippen LogP contribution is 2.26. The Morgan fingerprint density at radius 3 is 2.58 bits per heavy atom. The first kappa shape index (κ1) is 14.3. The number of halogens is 1. The van der Waals surface area contributed by atoms with E-state index in [0.29, 0.717) is 18.0 Å². The van der Waals surface area contributed by atoms with Gasteiger partial charge in [0.15, 0.2) is 5.78 Å². The molecule has 4 nitrogen and oxygen atoms in total. The topological polar surface area (TPSA) is 62.0 Å². The minimum atomic E-state index is -0.0594. The van der Waals surface area contributed by atoms with Gasteiger partial charge in [-0.25, -0.2) is 0 Å². The molecular formula is C14H19ClN2O2. The Bertz CT molecular complexity index is 533. The van der Waals surface area contributed by atoms with Crippen molar-refractivity contribution in [2.24, 2.45) is 0 Å². The second kappa shape index (κ2) is 5.88. The molecule has 3 rings (SSSR count). The molecule has 2 aliphatic rings. The van der Waals surface area contributed by atoms with Crippen molar-refractivity contribution in [2.45, 2.75) is 38.0 Å². The Labute approximate surface area is 118 Å². The molecule has 0 atom stereocenters. The van der Waals surface area contributed by atoms with Gasteiger partial charge in [-0.3, -0.25) is 9.59 Å². The molecule has 1 fully saturated rings. The standard InChI is InChI=1S/C14H18N2O2.ClH/c17-12-3-1-2-10-8-11(14(18)16-13(10)12)9-4-6-15-7-5-9;/h8-9,15H,1-7H2,(H,16,18);1H. The van der Waals surface area contributed by atoms with Crippen LogP contribution in [0.2, 0.25) is 0 Å². The molecule has 0 bridgehead atoms. The predicted octanol–water partition coefficient (Wildman–Crippen LogP) is 1.78. The Kier molecular flexibility index (Phi) is 4.42. The molecule has 1 aliphatic heterocycles. The van der Waals surface area contributed by atoms with E-state index in [2.05, 4.69) is 10.3 Å². The van der Waals surface area contributed by atoms with Crippen LogP contribution in [0, 0.1) is 0 Å². The fraction of sp³-hybridized carbons (Fsp3) is 0.571. The molecule has 19 heavy (non-hydrogen) atoms. The number of hydrogen-bond donors (Lipinski definition) is 2. The zero-order chi connectivity index (χ0) is 12.5. The lowest BCUT2D eigenvalue weighted by Crippen LogP contribution is -2.31.